The third-order valence-electron chi connectivity index (χ3n) is 4.79. The Bertz CT molecular complexity index is 436. The molecule has 0 bridgehead atoms. The summed E-state index contributed by atoms with van der Waals surface area (Å²) in [6.07, 6.45) is 8.16. The first kappa shape index (κ1) is 17.6. The first-order valence-corrected chi connectivity index (χ1v) is 8.75. The summed E-state index contributed by atoms with van der Waals surface area (Å²) in [6.45, 7) is 5.54. The van der Waals surface area contributed by atoms with Crippen LogP contribution in [0, 0.1) is 5.92 Å². The summed E-state index contributed by atoms with van der Waals surface area (Å²) in [7, 11) is 0. The quantitative estimate of drug-likeness (QED) is 0.835. The predicted molar refractivity (Wildman–Crippen MR) is 89.0 cm³/mol. The van der Waals surface area contributed by atoms with Gasteiger partial charge in [0.25, 0.3) is 0 Å². The van der Waals surface area contributed by atoms with E-state index in [1.165, 1.54) is 31.3 Å². The third kappa shape index (κ3) is 5.44. The van der Waals surface area contributed by atoms with Crippen LogP contribution in [0.2, 0.25) is 0 Å². The first-order valence-electron chi connectivity index (χ1n) is 8.75. The molecule has 6 heteroatoms. The minimum absolute atomic E-state index is 0.112. The molecule has 130 valence electrons. The number of allylic oxidation sites excluding steroid dienone is 1. The maximum absolute atomic E-state index is 12.0. The zero-order chi connectivity index (χ0) is 16.7. The molecule has 0 aromatic carbocycles. The van der Waals surface area contributed by atoms with Crippen molar-refractivity contribution < 1.29 is 14.3 Å². The number of nitrogens with one attached hydrogen (secondary N) is 2. The molecule has 1 aliphatic heterocycles. The number of ether oxygens (including phenoxy) is 1. The Hall–Kier alpha value is -1.72. The van der Waals surface area contributed by atoms with Gasteiger partial charge in [-0.1, -0.05) is 18.4 Å². The molecule has 3 amide bonds. The molecule has 1 heterocycles. The maximum Gasteiger partial charge on any atom is 0.409 e. The van der Waals surface area contributed by atoms with Gasteiger partial charge in [0.2, 0.25) is 0 Å². The van der Waals surface area contributed by atoms with Gasteiger partial charge in [-0.3, -0.25) is 0 Å². The molecule has 2 fully saturated rings. The van der Waals surface area contributed by atoms with Crippen molar-refractivity contribution in [1.82, 2.24) is 15.5 Å². The number of piperidine rings is 1. The van der Waals surface area contributed by atoms with E-state index in [0.29, 0.717) is 25.6 Å². The lowest BCUT2D eigenvalue weighted by Gasteiger charge is -2.31. The highest BCUT2D eigenvalue weighted by Crippen LogP contribution is 2.30. The minimum Gasteiger partial charge on any atom is -0.450 e. The smallest absolute Gasteiger partial charge is 0.409 e. The van der Waals surface area contributed by atoms with Crippen LogP contribution in [0.1, 0.15) is 52.4 Å². The van der Waals surface area contributed by atoms with E-state index in [9.17, 15) is 9.59 Å². The fourth-order valence-corrected chi connectivity index (χ4v) is 3.33. The van der Waals surface area contributed by atoms with Crippen molar-refractivity contribution in [3.05, 3.63) is 11.8 Å². The van der Waals surface area contributed by atoms with E-state index >= 15 is 0 Å². The molecular formula is C17H29N3O3. The number of hydrogen-bond acceptors (Lipinski definition) is 3. The van der Waals surface area contributed by atoms with Gasteiger partial charge in [-0.25, -0.2) is 9.59 Å². The third-order valence-corrected chi connectivity index (χ3v) is 4.79. The largest absolute Gasteiger partial charge is 0.450 e. The Morgan fingerprint density at radius 3 is 2.43 bits per heavy atom. The Labute approximate surface area is 138 Å². The van der Waals surface area contributed by atoms with Gasteiger partial charge in [0.1, 0.15) is 0 Å². The van der Waals surface area contributed by atoms with Gasteiger partial charge in [0, 0.05) is 25.3 Å². The topological polar surface area (TPSA) is 70.7 Å². The summed E-state index contributed by atoms with van der Waals surface area (Å²) in [5, 5.41) is 5.83. The molecule has 0 spiro atoms. The summed E-state index contributed by atoms with van der Waals surface area (Å²) in [5.41, 5.74) is 1.26. The molecule has 23 heavy (non-hydrogen) atoms. The van der Waals surface area contributed by atoms with E-state index in [1.54, 1.807) is 11.8 Å². The SMILES string of the molecule is CCOC(=O)N1CCC(NC(=O)N/C=C(\C)C2CCCC2)CC1. The molecule has 2 aliphatic rings. The van der Waals surface area contributed by atoms with E-state index in [1.807, 2.05) is 6.20 Å². The van der Waals surface area contributed by atoms with Crippen molar-refractivity contribution in [3.8, 4) is 0 Å². The van der Waals surface area contributed by atoms with Crippen molar-refractivity contribution >= 4 is 12.1 Å². The van der Waals surface area contributed by atoms with Crippen LogP contribution < -0.4 is 10.6 Å². The Kier molecular flexibility index (Phi) is 6.74. The molecule has 2 rings (SSSR count). The summed E-state index contributed by atoms with van der Waals surface area (Å²) >= 11 is 0. The molecule has 0 aromatic rings. The Morgan fingerprint density at radius 2 is 1.83 bits per heavy atom. The molecular weight excluding hydrogens is 294 g/mol. The Morgan fingerprint density at radius 1 is 1.17 bits per heavy atom. The molecule has 1 saturated heterocycles. The van der Waals surface area contributed by atoms with Gasteiger partial charge in [-0.05, 0) is 45.4 Å². The number of likely N-dealkylation sites (tertiary alicyclic amines) is 1. The molecule has 0 radical (unpaired) electrons. The minimum atomic E-state index is -0.259. The van der Waals surface area contributed by atoms with E-state index in [4.69, 9.17) is 4.74 Å². The molecule has 0 unspecified atom stereocenters. The summed E-state index contributed by atoms with van der Waals surface area (Å²) in [5.74, 6) is 0.628. The van der Waals surface area contributed by atoms with Crippen molar-refractivity contribution in [1.29, 1.82) is 0 Å². The monoisotopic (exact) mass is 323 g/mol. The lowest BCUT2D eigenvalue weighted by molar-refractivity contribution is 0.0958. The van der Waals surface area contributed by atoms with Crippen LogP contribution in [0.25, 0.3) is 0 Å². The summed E-state index contributed by atoms with van der Waals surface area (Å²) in [6, 6.07) is -0.0437. The van der Waals surface area contributed by atoms with E-state index in [2.05, 4.69) is 17.6 Å². The second kappa shape index (κ2) is 8.79. The molecule has 1 saturated carbocycles. The maximum atomic E-state index is 12.0. The van der Waals surface area contributed by atoms with Crippen LogP contribution in [-0.4, -0.2) is 42.8 Å². The number of rotatable bonds is 4. The molecule has 6 nitrogen and oxygen atoms in total. The van der Waals surface area contributed by atoms with E-state index in [0.717, 1.165) is 12.8 Å². The molecule has 2 N–H and O–H groups in total. The van der Waals surface area contributed by atoms with Crippen LogP contribution in [-0.2, 0) is 4.74 Å². The van der Waals surface area contributed by atoms with Crippen LogP contribution >= 0.6 is 0 Å². The van der Waals surface area contributed by atoms with E-state index in [-0.39, 0.29) is 18.2 Å². The molecule has 1 aliphatic carbocycles. The number of hydrogen-bond donors (Lipinski definition) is 2. The highest BCUT2D eigenvalue weighted by Gasteiger charge is 2.24. The second-order valence-electron chi connectivity index (χ2n) is 6.45. The number of carbonyl (C=O) groups is 2. The second-order valence-corrected chi connectivity index (χ2v) is 6.45. The zero-order valence-electron chi connectivity index (χ0n) is 14.3. The van der Waals surface area contributed by atoms with Crippen molar-refractivity contribution in [2.75, 3.05) is 19.7 Å². The lowest BCUT2D eigenvalue weighted by Crippen LogP contribution is -2.48. The molecule has 0 atom stereocenters. The zero-order valence-corrected chi connectivity index (χ0v) is 14.3. The van der Waals surface area contributed by atoms with Gasteiger partial charge in [-0.15, -0.1) is 0 Å². The van der Waals surface area contributed by atoms with Crippen LogP contribution in [0.3, 0.4) is 0 Å². The van der Waals surface area contributed by atoms with Crippen molar-refractivity contribution in [3.63, 3.8) is 0 Å². The van der Waals surface area contributed by atoms with Crippen molar-refractivity contribution in [2.45, 2.75) is 58.4 Å². The first-order chi connectivity index (χ1) is 11.1. The number of urea groups is 1. The fourth-order valence-electron chi connectivity index (χ4n) is 3.33. The van der Waals surface area contributed by atoms with Crippen LogP contribution in [0.4, 0.5) is 9.59 Å². The summed E-state index contributed by atoms with van der Waals surface area (Å²) in [4.78, 5) is 25.3. The van der Waals surface area contributed by atoms with Gasteiger partial charge in [0.15, 0.2) is 0 Å². The average Bonchev–Trinajstić information content (AvgIpc) is 3.08. The van der Waals surface area contributed by atoms with Crippen molar-refractivity contribution in [2.24, 2.45) is 5.92 Å². The average molecular weight is 323 g/mol. The number of amides is 3. The van der Waals surface area contributed by atoms with Gasteiger partial charge < -0.3 is 20.3 Å². The number of carbonyl (C=O) groups excluding carboxylic acids is 2. The highest BCUT2D eigenvalue weighted by atomic mass is 16.6. The number of nitrogens with zero attached hydrogens (tertiary/aromatic N) is 1. The van der Waals surface area contributed by atoms with Gasteiger partial charge >= 0.3 is 12.1 Å². The van der Waals surface area contributed by atoms with Gasteiger partial charge in [0.05, 0.1) is 6.61 Å². The van der Waals surface area contributed by atoms with Crippen LogP contribution in [0.5, 0.6) is 0 Å². The van der Waals surface area contributed by atoms with Crippen LogP contribution in [0.15, 0.2) is 11.8 Å². The normalized spacial score (nSPS) is 20.4. The van der Waals surface area contributed by atoms with E-state index < -0.39 is 0 Å². The van der Waals surface area contributed by atoms with Gasteiger partial charge in [-0.2, -0.15) is 0 Å². The molecule has 0 aromatic heterocycles. The highest BCUT2D eigenvalue weighted by molar-refractivity contribution is 5.75. The lowest BCUT2D eigenvalue weighted by atomic mass is 10.0. The fraction of sp³-hybridized carbons (Fsp3) is 0.765. The Balaban J connectivity index is 1.68. The standard InChI is InChI=1S/C17H29N3O3/c1-3-23-17(22)20-10-8-15(9-11-20)19-16(21)18-12-13(2)14-6-4-5-7-14/h12,14-15H,3-11H2,1-2H3,(H2,18,19,21)/b13-12+. The predicted octanol–water partition coefficient (Wildman–Crippen LogP) is 3.00. The summed E-state index contributed by atoms with van der Waals surface area (Å²) < 4.78 is 4.99.